The summed E-state index contributed by atoms with van der Waals surface area (Å²) in [7, 11) is 0. The van der Waals surface area contributed by atoms with E-state index in [9.17, 15) is 35.1 Å². The van der Waals surface area contributed by atoms with Gasteiger partial charge >= 0.3 is 5.97 Å². The summed E-state index contributed by atoms with van der Waals surface area (Å²) in [5.74, 6) is -0.297. The average Bonchev–Trinajstić information content (AvgIpc) is 3.24. The minimum absolute atomic E-state index is 0.0703. The smallest absolute Gasteiger partial charge is 0.305 e. The number of aliphatic hydroxyl groups is 5. The molecule has 11 nitrogen and oxygen atoms in total. The number of allylic oxidation sites excluding steroid dienone is 7. The molecule has 0 radical (unpaired) electrons. The zero-order valence-corrected chi connectivity index (χ0v) is 37.7. The fourth-order valence-electron chi connectivity index (χ4n) is 6.96. The second-order valence-corrected chi connectivity index (χ2v) is 16.4. The van der Waals surface area contributed by atoms with Gasteiger partial charge in [-0.25, -0.2) is 0 Å². The first-order valence-corrected chi connectivity index (χ1v) is 23.9. The Bertz CT molecular complexity index is 1140. The predicted octanol–water partition coefficient (Wildman–Crippen LogP) is 8.99. The summed E-state index contributed by atoms with van der Waals surface area (Å²) in [6, 6.07) is -0.847. The van der Waals surface area contributed by atoms with E-state index in [-0.39, 0.29) is 18.5 Å². The molecule has 0 saturated carbocycles. The number of hydrogen-bond donors (Lipinski definition) is 6. The molecule has 0 spiro atoms. The fourth-order valence-corrected chi connectivity index (χ4v) is 6.96. The van der Waals surface area contributed by atoms with Crippen LogP contribution in [0, 0.1) is 0 Å². The third-order valence-corrected chi connectivity index (χ3v) is 10.9. The number of esters is 1. The van der Waals surface area contributed by atoms with Gasteiger partial charge < -0.3 is 45.1 Å². The summed E-state index contributed by atoms with van der Waals surface area (Å²) in [4.78, 5) is 24.9. The lowest BCUT2D eigenvalue weighted by Crippen LogP contribution is -2.60. The molecular weight excluding hydrogens is 763 g/mol. The molecule has 1 aliphatic heterocycles. The van der Waals surface area contributed by atoms with Crippen molar-refractivity contribution in [2.24, 2.45) is 0 Å². The van der Waals surface area contributed by atoms with E-state index in [2.05, 4.69) is 55.6 Å². The van der Waals surface area contributed by atoms with Crippen LogP contribution in [0.5, 0.6) is 0 Å². The number of amides is 1. The Hall–Kier alpha value is -2.38. The molecule has 7 unspecified atom stereocenters. The molecule has 0 aliphatic carbocycles. The van der Waals surface area contributed by atoms with Gasteiger partial charge in [0.25, 0.3) is 0 Å². The van der Waals surface area contributed by atoms with Gasteiger partial charge in [-0.2, -0.15) is 0 Å². The molecule has 60 heavy (non-hydrogen) atoms. The van der Waals surface area contributed by atoms with Crippen molar-refractivity contribution in [3.63, 3.8) is 0 Å². The van der Waals surface area contributed by atoms with Crippen LogP contribution in [0.25, 0.3) is 0 Å². The first-order chi connectivity index (χ1) is 29.2. The van der Waals surface area contributed by atoms with Gasteiger partial charge in [-0.1, -0.05) is 127 Å². The Balaban J connectivity index is 2.22. The lowest BCUT2D eigenvalue weighted by atomic mass is 9.99. The molecule has 348 valence electrons. The number of unbranched alkanes of at least 4 members (excludes halogenated alkanes) is 19. The standard InChI is InChI=1S/C49H87NO10/c1-3-5-7-9-11-13-14-17-21-25-29-33-37-45(54)58-38-34-30-26-22-18-15-16-20-24-28-32-36-44(53)50-41(42(52)35-31-27-23-19-12-10-8-6-4-2)40-59-49-48(57)47(56)46(55)43(39-51)60-49/h11-13,18-19,22,31,35,41-43,46-49,51-52,55-57H,3-10,14-17,20-21,23-30,32-34,36-40H2,1-2H3,(H,50,53)/b13-11-,19-12+,22-18-,35-31+. The molecule has 7 atom stereocenters. The number of ether oxygens (including phenoxy) is 3. The minimum atomic E-state index is -1.59. The summed E-state index contributed by atoms with van der Waals surface area (Å²) < 4.78 is 16.5. The van der Waals surface area contributed by atoms with E-state index in [1.54, 1.807) is 6.08 Å². The average molecular weight is 850 g/mol. The molecule has 1 heterocycles. The number of carbonyl (C=O) groups excluding carboxylic acids is 2. The summed E-state index contributed by atoms with van der Waals surface area (Å²) in [6.45, 7) is 4.11. The van der Waals surface area contributed by atoms with E-state index in [1.165, 1.54) is 70.6 Å². The summed E-state index contributed by atoms with van der Waals surface area (Å²) in [6.07, 6.45) is 36.3. The van der Waals surface area contributed by atoms with Crippen molar-refractivity contribution in [2.45, 2.75) is 230 Å². The van der Waals surface area contributed by atoms with Crippen LogP contribution in [0.2, 0.25) is 0 Å². The van der Waals surface area contributed by atoms with E-state index >= 15 is 0 Å². The van der Waals surface area contributed by atoms with Gasteiger partial charge in [0, 0.05) is 12.8 Å². The number of nitrogens with one attached hydrogen (secondary N) is 1. The first kappa shape index (κ1) is 55.6. The van der Waals surface area contributed by atoms with Gasteiger partial charge in [-0.05, 0) is 96.3 Å². The second kappa shape index (κ2) is 39.5. The van der Waals surface area contributed by atoms with Crippen LogP contribution in [0.1, 0.15) is 187 Å². The van der Waals surface area contributed by atoms with Crippen molar-refractivity contribution in [2.75, 3.05) is 19.8 Å². The number of carbonyl (C=O) groups is 2. The maximum atomic E-state index is 12.9. The van der Waals surface area contributed by atoms with Crippen molar-refractivity contribution in [1.29, 1.82) is 0 Å². The molecule has 1 rings (SSSR count). The van der Waals surface area contributed by atoms with Crippen molar-refractivity contribution in [3.8, 4) is 0 Å². The molecule has 0 aromatic heterocycles. The van der Waals surface area contributed by atoms with Gasteiger partial charge in [0.05, 0.1) is 32.0 Å². The predicted molar refractivity (Wildman–Crippen MR) is 241 cm³/mol. The van der Waals surface area contributed by atoms with E-state index in [0.717, 1.165) is 83.5 Å². The number of hydrogen-bond acceptors (Lipinski definition) is 10. The third-order valence-electron chi connectivity index (χ3n) is 10.9. The summed E-state index contributed by atoms with van der Waals surface area (Å²) in [5, 5.41) is 53.9. The van der Waals surface area contributed by atoms with Crippen LogP contribution in [0.4, 0.5) is 0 Å². The Morgan fingerprint density at radius 3 is 1.65 bits per heavy atom. The molecule has 0 aromatic carbocycles. The molecule has 11 heteroatoms. The Labute approximate surface area is 364 Å². The van der Waals surface area contributed by atoms with Gasteiger partial charge in [0.1, 0.15) is 24.4 Å². The normalized spacial score (nSPS) is 20.8. The second-order valence-electron chi connectivity index (χ2n) is 16.4. The Morgan fingerprint density at radius 1 is 0.600 bits per heavy atom. The van der Waals surface area contributed by atoms with Gasteiger partial charge in [0.2, 0.25) is 5.91 Å². The minimum Gasteiger partial charge on any atom is -0.466 e. The third kappa shape index (κ3) is 29.8. The first-order valence-electron chi connectivity index (χ1n) is 23.9. The van der Waals surface area contributed by atoms with E-state index in [1.807, 2.05) is 6.08 Å². The van der Waals surface area contributed by atoms with Crippen molar-refractivity contribution >= 4 is 11.9 Å². The highest BCUT2D eigenvalue weighted by molar-refractivity contribution is 5.76. The van der Waals surface area contributed by atoms with Crippen LogP contribution in [-0.2, 0) is 23.8 Å². The van der Waals surface area contributed by atoms with Crippen molar-refractivity contribution < 1.29 is 49.3 Å². The van der Waals surface area contributed by atoms with Crippen molar-refractivity contribution in [1.82, 2.24) is 5.32 Å². The quantitative estimate of drug-likeness (QED) is 0.0199. The largest absolute Gasteiger partial charge is 0.466 e. The lowest BCUT2D eigenvalue weighted by Gasteiger charge is -2.40. The Kier molecular flexibility index (Phi) is 36.6. The van der Waals surface area contributed by atoms with Crippen LogP contribution < -0.4 is 5.32 Å². The number of rotatable bonds is 39. The van der Waals surface area contributed by atoms with Crippen LogP contribution in [0.3, 0.4) is 0 Å². The summed E-state index contributed by atoms with van der Waals surface area (Å²) in [5.41, 5.74) is 0. The topological polar surface area (TPSA) is 175 Å². The SMILES string of the molecule is CCCCC/C=C\CCCCCCCC(=O)OCCCC/C=C\CCCCCCCC(=O)NC(COC1OC(CO)C(O)C(O)C1O)C(O)/C=C/CC/C=C/CCCCC. The zero-order valence-electron chi connectivity index (χ0n) is 37.7. The Morgan fingerprint density at radius 2 is 1.08 bits per heavy atom. The molecule has 0 bridgehead atoms. The molecule has 1 fully saturated rings. The molecular formula is C49H87NO10. The van der Waals surface area contributed by atoms with Gasteiger partial charge in [0.15, 0.2) is 6.29 Å². The molecule has 0 aromatic rings. The maximum Gasteiger partial charge on any atom is 0.305 e. The highest BCUT2D eigenvalue weighted by atomic mass is 16.7. The van der Waals surface area contributed by atoms with Crippen LogP contribution in [0.15, 0.2) is 48.6 Å². The number of aliphatic hydroxyl groups excluding tert-OH is 5. The van der Waals surface area contributed by atoms with Crippen LogP contribution in [-0.4, -0.2) is 100 Å². The lowest BCUT2D eigenvalue weighted by molar-refractivity contribution is -0.302. The van der Waals surface area contributed by atoms with Gasteiger partial charge in [-0.15, -0.1) is 0 Å². The maximum absolute atomic E-state index is 12.9. The molecule has 6 N–H and O–H groups in total. The monoisotopic (exact) mass is 850 g/mol. The van der Waals surface area contributed by atoms with Crippen LogP contribution >= 0.6 is 0 Å². The molecule has 1 amide bonds. The van der Waals surface area contributed by atoms with E-state index < -0.39 is 49.5 Å². The fraction of sp³-hybridized carbons (Fsp3) is 0.796. The molecule has 1 saturated heterocycles. The van der Waals surface area contributed by atoms with Crippen molar-refractivity contribution in [3.05, 3.63) is 48.6 Å². The molecule has 1 aliphatic rings. The zero-order chi connectivity index (χ0) is 43.9. The highest BCUT2D eigenvalue weighted by Gasteiger charge is 2.44. The summed E-state index contributed by atoms with van der Waals surface area (Å²) >= 11 is 0. The van der Waals surface area contributed by atoms with E-state index in [4.69, 9.17) is 14.2 Å². The van der Waals surface area contributed by atoms with E-state index in [0.29, 0.717) is 25.9 Å². The highest BCUT2D eigenvalue weighted by Crippen LogP contribution is 2.22. The van der Waals surface area contributed by atoms with Gasteiger partial charge in [-0.3, -0.25) is 9.59 Å².